The van der Waals surface area contributed by atoms with Crippen LogP contribution in [-0.4, -0.2) is 52.4 Å². The van der Waals surface area contributed by atoms with Crippen molar-refractivity contribution in [2.45, 2.75) is 17.6 Å². The SMILES string of the molecule is Cn1c(SCC(=O)N[C@@H]2CCS(=O)(=O)C2)nnc1-c1ccco1. The fourth-order valence-electron chi connectivity index (χ4n) is 2.37. The maximum atomic E-state index is 11.9. The second kappa shape index (κ2) is 6.36. The van der Waals surface area contributed by atoms with Gasteiger partial charge in [-0.25, -0.2) is 8.42 Å². The molecule has 0 radical (unpaired) electrons. The average Bonchev–Trinajstić information content (AvgIpc) is 3.18. The minimum atomic E-state index is -3.00. The van der Waals surface area contributed by atoms with Crippen LogP contribution in [0.15, 0.2) is 28.0 Å². The summed E-state index contributed by atoms with van der Waals surface area (Å²) in [5, 5.41) is 11.4. The molecule has 0 spiro atoms. The molecular formula is C13H16N4O4S2. The van der Waals surface area contributed by atoms with Crippen molar-refractivity contribution in [3.63, 3.8) is 0 Å². The van der Waals surface area contributed by atoms with Gasteiger partial charge in [-0.3, -0.25) is 4.79 Å². The second-order valence-corrected chi connectivity index (χ2v) is 8.47. The van der Waals surface area contributed by atoms with Gasteiger partial charge in [0, 0.05) is 13.1 Å². The number of nitrogens with zero attached hydrogens (tertiary/aromatic N) is 3. The lowest BCUT2D eigenvalue weighted by Crippen LogP contribution is -2.36. The Balaban J connectivity index is 1.56. The zero-order valence-corrected chi connectivity index (χ0v) is 14.1. The summed E-state index contributed by atoms with van der Waals surface area (Å²) in [7, 11) is -1.20. The van der Waals surface area contributed by atoms with Gasteiger partial charge in [0.2, 0.25) is 5.91 Å². The zero-order valence-electron chi connectivity index (χ0n) is 12.4. The molecule has 8 nitrogen and oxygen atoms in total. The fourth-order valence-corrected chi connectivity index (χ4v) is 4.76. The number of carbonyl (C=O) groups excluding carboxylic acids is 1. The highest BCUT2D eigenvalue weighted by Crippen LogP contribution is 2.22. The van der Waals surface area contributed by atoms with Crippen LogP contribution in [0.5, 0.6) is 0 Å². The third-order valence-electron chi connectivity index (χ3n) is 3.51. The van der Waals surface area contributed by atoms with E-state index in [1.54, 1.807) is 30.0 Å². The molecule has 10 heteroatoms. The molecule has 1 amide bonds. The van der Waals surface area contributed by atoms with Crippen LogP contribution in [-0.2, 0) is 21.7 Å². The van der Waals surface area contributed by atoms with Gasteiger partial charge < -0.3 is 14.3 Å². The maximum absolute atomic E-state index is 11.9. The Labute approximate surface area is 137 Å². The molecule has 0 aliphatic carbocycles. The predicted molar refractivity (Wildman–Crippen MR) is 84.6 cm³/mol. The van der Waals surface area contributed by atoms with Gasteiger partial charge in [0.15, 0.2) is 26.6 Å². The molecule has 0 aromatic carbocycles. The average molecular weight is 356 g/mol. The zero-order chi connectivity index (χ0) is 16.4. The number of amides is 1. The maximum Gasteiger partial charge on any atom is 0.230 e. The van der Waals surface area contributed by atoms with E-state index in [0.29, 0.717) is 23.2 Å². The number of furan rings is 1. The summed E-state index contributed by atoms with van der Waals surface area (Å²) in [4.78, 5) is 11.9. The van der Waals surface area contributed by atoms with Crippen LogP contribution in [0.4, 0.5) is 0 Å². The summed E-state index contributed by atoms with van der Waals surface area (Å²) in [6.45, 7) is 0. The lowest BCUT2D eigenvalue weighted by Gasteiger charge is -2.10. The van der Waals surface area contributed by atoms with Crippen LogP contribution in [0.1, 0.15) is 6.42 Å². The highest BCUT2D eigenvalue weighted by Gasteiger charge is 2.28. The minimum absolute atomic E-state index is 0.0238. The Morgan fingerprint density at radius 3 is 3.00 bits per heavy atom. The van der Waals surface area contributed by atoms with Crippen LogP contribution in [0, 0.1) is 0 Å². The molecule has 1 N–H and O–H groups in total. The smallest absolute Gasteiger partial charge is 0.230 e. The Bertz CT molecular complexity index is 798. The first-order valence-electron chi connectivity index (χ1n) is 7.00. The molecule has 1 atom stereocenters. The van der Waals surface area contributed by atoms with Gasteiger partial charge in [0.05, 0.1) is 23.5 Å². The molecule has 0 bridgehead atoms. The quantitative estimate of drug-likeness (QED) is 0.776. The lowest BCUT2D eigenvalue weighted by molar-refractivity contribution is -0.119. The van der Waals surface area contributed by atoms with Crippen LogP contribution in [0.25, 0.3) is 11.6 Å². The molecule has 23 heavy (non-hydrogen) atoms. The van der Waals surface area contributed by atoms with E-state index >= 15 is 0 Å². The molecule has 124 valence electrons. The summed E-state index contributed by atoms with van der Waals surface area (Å²) < 4.78 is 29.8. The summed E-state index contributed by atoms with van der Waals surface area (Å²) in [6, 6.07) is 3.26. The van der Waals surface area contributed by atoms with E-state index in [2.05, 4.69) is 15.5 Å². The van der Waals surface area contributed by atoms with Crippen LogP contribution >= 0.6 is 11.8 Å². The number of carbonyl (C=O) groups is 1. The van der Waals surface area contributed by atoms with Crippen molar-refractivity contribution in [1.29, 1.82) is 0 Å². The minimum Gasteiger partial charge on any atom is -0.461 e. The third kappa shape index (κ3) is 3.75. The molecule has 2 aromatic rings. The molecule has 1 saturated heterocycles. The Kier molecular flexibility index (Phi) is 4.44. The van der Waals surface area contributed by atoms with E-state index < -0.39 is 9.84 Å². The molecule has 3 rings (SSSR count). The summed E-state index contributed by atoms with van der Waals surface area (Å²) in [6.07, 6.45) is 2.03. The number of nitrogens with one attached hydrogen (secondary N) is 1. The molecule has 3 heterocycles. The molecule has 1 fully saturated rings. The largest absolute Gasteiger partial charge is 0.461 e. The third-order valence-corrected chi connectivity index (χ3v) is 6.29. The van der Waals surface area contributed by atoms with E-state index in [9.17, 15) is 13.2 Å². The molecule has 1 aliphatic heterocycles. The predicted octanol–water partition coefficient (Wildman–Crippen LogP) is 0.470. The van der Waals surface area contributed by atoms with E-state index in [-0.39, 0.29) is 29.2 Å². The second-order valence-electron chi connectivity index (χ2n) is 5.30. The molecule has 1 aliphatic rings. The first-order chi connectivity index (χ1) is 10.9. The van der Waals surface area contributed by atoms with Gasteiger partial charge >= 0.3 is 0 Å². The summed E-state index contributed by atoms with van der Waals surface area (Å²) in [5.41, 5.74) is 0. The monoisotopic (exact) mass is 356 g/mol. The molecular weight excluding hydrogens is 340 g/mol. The highest BCUT2D eigenvalue weighted by atomic mass is 32.2. The van der Waals surface area contributed by atoms with Crippen molar-refractivity contribution in [2.75, 3.05) is 17.3 Å². The molecule has 0 saturated carbocycles. The Morgan fingerprint density at radius 2 is 2.35 bits per heavy atom. The van der Waals surface area contributed by atoms with E-state index in [1.165, 1.54) is 11.8 Å². The van der Waals surface area contributed by atoms with E-state index in [4.69, 9.17) is 4.42 Å². The number of aromatic nitrogens is 3. The highest BCUT2D eigenvalue weighted by molar-refractivity contribution is 7.99. The van der Waals surface area contributed by atoms with Crippen molar-refractivity contribution in [2.24, 2.45) is 7.05 Å². The fraction of sp³-hybridized carbons (Fsp3) is 0.462. The van der Waals surface area contributed by atoms with Gasteiger partial charge in [0.25, 0.3) is 0 Å². The number of hydrogen-bond acceptors (Lipinski definition) is 7. The van der Waals surface area contributed by atoms with Crippen molar-refractivity contribution in [3.8, 4) is 11.6 Å². The Morgan fingerprint density at radius 1 is 1.52 bits per heavy atom. The summed E-state index contributed by atoms with van der Waals surface area (Å²) in [5.74, 6) is 1.30. The van der Waals surface area contributed by atoms with E-state index in [1.807, 2.05) is 0 Å². The number of thioether (sulfide) groups is 1. The number of hydrogen-bond donors (Lipinski definition) is 1. The molecule has 0 unspecified atom stereocenters. The van der Waals surface area contributed by atoms with Crippen molar-refractivity contribution < 1.29 is 17.6 Å². The molecule has 2 aromatic heterocycles. The standard InChI is InChI=1S/C13H16N4O4S2/c1-17-12(10-3-2-5-21-10)15-16-13(17)22-7-11(18)14-9-4-6-23(19,20)8-9/h2-3,5,9H,4,6-8H2,1H3,(H,14,18)/t9-/m1/s1. The van der Waals surface area contributed by atoms with E-state index in [0.717, 1.165) is 0 Å². The number of rotatable bonds is 5. The van der Waals surface area contributed by atoms with Crippen molar-refractivity contribution in [3.05, 3.63) is 18.4 Å². The van der Waals surface area contributed by atoms with Gasteiger partial charge in [-0.2, -0.15) is 0 Å². The van der Waals surface area contributed by atoms with Crippen LogP contribution in [0.2, 0.25) is 0 Å². The van der Waals surface area contributed by atoms with Crippen molar-refractivity contribution >= 4 is 27.5 Å². The number of sulfone groups is 1. The van der Waals surface area contributed by atoms with Crippen LogP contribution < -0.4 is 5.32 Å². The van der Waals surface area contributed by atoms with Crippen molar-refractivity contribution in [1.82, 2.24) is 20.1 Å². The van der Waals surface area contributed by atoms with Gasteiger partial charge in [-0.05, 0) is 18.6 Å². The lowest BCUT2D eigenvalue weighted by atomic mass is 10.3. The Hall–Kier alpha value is -1.81. The topological polar surface area (TPSA) is 107 Å². The van der Waals surface area contributed by atoms with Gasteiger partial charge in [-0.15, -0.1) is 10.2 Å². The summed E-state index contributed by atoms with van der Waals surface area (Å²) >= 11 is 1.24. The first kappa shape index (κ1) is 16.1. The first-order valence-corrected chi connectivity index (χ1v) is 9.81. The van der Waals surface area contributed by atoms with Gasteiger partial charge in [0.1, 0.15) is 0 Å². The van der Waals surface area contributed by atoms with Gasteiger partial charge in [-0.1, -0.05) is 11.8 Å². The van der Waals surface area contributed by atoms with Crippen LogP contribution in [0.3, 0.4) is 0 Å². The normalized spacial score (nSPS) is 19.8.